The van der Waals surface area contributed by atoms with E-state index >= 15 is 0 Å². The van der Waals surface area contributed by atoms with Crippen LogP contribution in [0.1, 0.15) is 17.5 Å². The van der Waals surface area contributed by atoms with Gasteiger partial charge in [-0.25, -0.2) is 8.42 Å². The summed E-state index contributed by atoms with van der Waals surface area (Å²) in [7, 11) is -2.89. The molecule has 0 saturated carbocycles. The second-order valence-electron chi connectivity index (χ2n) is 5.81. The second-order valence-corrected chi connectivity index (χ2v) is 8.12. The Morgan fingerprint density at radius 1 is 1.14 bits per heavy atom. The highest BCUT2D eigenvalue weighted by atomic mass is 32.2. The zero-order valence-electron chi connectivity index (χ0n) is 12.0. The van der Waals surface area contributed by atoms with Gasteiger partial charge < -0.3 is 5.32 Å². The molecule has 114 valence electrons. The molecule has 5 nitrogen and oxygen atoms in total. The molecule has 1 saturated heterocycles. The van der Waals surface area contributed by atoms with Gasteiger partial charge in [0.25, 0.3) is 0 Å². The van der Waals surface area contributed by atoms with Gasteiger partial charge in [0.2, 0.25) is 5.91 Å². The second kappa shape index (κ2) is 5.77. The largest absolute Gasteiger partial charge is 0.325 e. The van der Waals surface area contributed by atoms with Crippen molar-refractivity contribution in [1.82, 2.24) is 4.90 Å². The molecule has 1 aromatic rings. The smallest absolute Gasteiger partial charge is 0.238 e. The summed E-state index contributed by atoms with van der Waals surface area (Å²) >= 11 is 0. The van der Waals surface area contributed by atoms with Gasteiger partial charge in [0, 0.05) is 18.8 Å². The Labute approximate surface area is 125 Å². The van der Waals surface area contributed by atoms with Crippen LogP contribution in [0.3, 0.4) is 0 Å². The fourth-order valence-electron chi connectivity index (χ4n) is 2.96. The van der Waals surface area contributed by atoms with E-state index in [1.807, 2.05) is 11.0 Å². The molecule has 1 aromatic carbocycles. The molecule has 0 unspecified atom stereocenters. The van der Waals surface area contributed by atoms with Crippen molar-refractivity contribution in [3.05, 3.63) is 29.3 Å². The van der Waals surface area contributed by atoms with Gasteiger partial charge in [-0.2, -0.15) is 0 Å². The van der Waals surface area contributed by atoms with Gasteiger partial charge in [-0.3, -0.25) is 9.69 Å². The molecule has 1 N–H and O–H groups in total. The van der Waals surface area contributed by atoms with E-state index in [0.717, 1.165) is 18.5 Å². The lowest BCUT2D eigenvalue weighted by Crippen LogP contribution is -2.43. The number of nitrogens with zero attached hydrogens (tertiary/aromatic N) is 1. The number of sulfone groups is 1. The van der Waals surface area contributed by atoms with E-state index in [1.54, 1.807) is 0 Å². The normalized spacial score (nSPS) is 21.0. The number of carbonyl (C=O) groups is 1. The zero-order valence-corrected chi connectivity index (χ0v) is 12.8. The van der Waals surface area contributed by atoms with Gasteiger partial charge in [0.15, 0.2) is 9.84 Å². The van der Waals surface area contributed by atoms with Gasteiger partial charge >= 0.3 is 0 Å². The number of rotatable bonds is 3. The number of amides is 1. The van der Waals surface area contributed by atoms with Crippen molar-refractivity contribution in [3.8, 4) is 0 Å². The predicted molar refractivity (Wildman–Crippen MR) is 82.2 cm³/mol. The molecule has 0 bridgehead atoms. The Morgan fingerprint density at radius 2 is 1.86 bits per heavy atom. The molecule has 1 amide bonds. The van der Waals surface area contributed by atoms with Crippen molar-refractivity contribution in [2.75, 3.05) is 36.5 Å². The first-order chi connectivity index (χ1) is 10.0. The molecule has 0 radical (unpaired) electrons. The minimum absolute atomic E-state index is 0.0766. The van der Waals surface area contributed by atoms with Crippen LogP contribution in [-0.4, -0.2) is 50.4 Å². The van der Waals surface area contributed by atoms with Crippen LogP contribution in [0.5, 0.6) is 0 Å². The van der Waals surface area contributed by atoms with Crippen molar-refractivity contribution >= 4 is 21.4 Å². The van der Waals surface area contributed by atoms with Crippen molar-refractivity contribution in [1.29, 1.82) is 0 Å². The Hall–Kier alpha value is -1.40. The molecule has 1 fully saturated rings. The Kier molecular flexibility index (Phi) is 3.99. The summed E-state index contributed by atoms with van der Waals surface area (Å²) in [5.41, 5.74) is 3.55. The molecule has 2 aliphatic rings. The summed E-state index contributed by atoms with van der Waals surface area (Å²) < 4.78 is 22.7. The summed E-state index contributed by atoms with van der Waals surface area (Å²) in [6.07, 6.45) is 3.41. The van der Waals surface area contributed by atoms with E-state index in [2.05, 4.69) is 17.4 Å². The number of benzene rings is 1. The van der Waals surface area contributed by atoms with E-state index in [9.17, 15) is 13.2 Å². The quantitative estimate of drug-likeness (QED) is 0.899. The molecule has 0 aromatic heterocycles. The van der Waals surface area contributed by atoms with E-state index in [0.29, 0.717) is 13.1 Å². The standard InChI is InChI=1S/C15H20N2O3S/c18-15(11-17-6-8-21(19,20)9-7-17)16-14-5-4-12-2-1-3-13(12)10-14/h4-5,10H,1-3,6-9,11H2,(H,16,18). The number of carbonyl (C=O) groups excluding carboxylic acids is 1. The first kappa shape index (κ1) is 14.5. The lowest BCUT2D eigenvalue weighted by Gasteiger charge is -2.25. The molecular formula is C15H20N2O3S. The maximum absolute atomic E-state index is 12.0. The SMILES string of the molecule is O=C(CN1CCS(=O)(=O)CC1)Nc1ccc2c(c1)CCC2. The third-order valence-corrected chi connectivity index (χ3v) is 5.80. The van der Waals surface area contributed by atoms with Crippen molar-refractivity contribution in [3.63, 3.8) is 0 Å². The van der Waals surface area contributed by atoms with Crippen molar-refractivity contribution < 1.29 is 13.2 Å². The maximum Gasteiger partial charge on any atom is 0.238 e. The van der Waals surface area contributed by atoms with Gasteiger partial charge in [0.1, 0.15) is 0 Å². The van der Waals surface area contributed by atoms with Gasteiger partial charge in [-0.05, 0) is 42.5 Å². The maximum atomic E-state index is 12.0. The molecular weight excluding hydrogens is 288 g/mol. The average Bonchev–Trinajstić information content (AvgIpc) is 2.88. The topological polar surface area (TPSA) is 66.5 Å². The third kappa shape index (κ3) is 3.63. The van der Waals surface area contributed by atoms with Crippen LogP contribution in [-0.2, 0) is 27.5 Å². The van der Waals surface area contributed by atoms with Crippen LogP contribution in [0, 0.1) is 0 Å². The van der Waals surface area contributed by atoms with Crippen LogP contribution in [0.2, 0.25) is 0 Å². The fraction of sp³-hybridized carbons (Fsp3) is 0.533. The van der Waals surface area contributed by atoms with E-state index in [4.69, 9.17) is 0 Å². The number of anilines is 1. The summed E-state index contributed by atoms with van der Waals surface area (Å²) in [6.45, 7) is 1.15. The number of hydrogen-bond donors (Lipinski definition) is 1. The first-order valence-electron chi connectivity index (χ1n) is 7.36. The van der Waals surface area contributed by atoms with Crippen LogP contribution < -0.4 is 5.32 Å². The molecule has 0 spiro atoms. The highest BCUT2D eigenvalue weighted by molar-refractivity contribution is 7.91. The Balaban J connectivity index is 1.55. The number of fused-ring (bicyclic) bond motifs is 1. The molecule has 1 aliphatic carbocycles. The average molecular weight is 308 g/mol. The first-order valence-corrected chi connectivity index (χ1v) is 9.18. The lowest BCUT2D eigenvalue weighted by atomic mass is 10.1. The highest BCUT2D eigenvalue weighted by Gasteiger charge is 2.23. The third-order valence-electron chi connectivity index (χ3n) is 4.19. The summed E-state index contributed by atoms with van der Waals surface area (Å²) in [6, 6.07) is 6.09. The monoisotopic (exact) mass is 308 g/mol. The van der Waals surface area contributed by atoms with Crippen molar-refractivity contribution in [2.45, 2.75) is 19.3 Å². The van der Waals surface area contributed by atoms with Crippen LogP contribution in [0.4, 0.5) is 5.69 Å². The van der Waals surface area contributed by atoms with E-state index in [-0.39, 0.29) is 24.0 Å². The van der Waals surface area contributed by atoms with E-state index in [1.165, 1.54) is 17.5 Å². The molecule has 3 rings (SSSR count). The van der Waals surface area contributed by atoms with Gasteiger partial charge in [-0.15, -0.1) is 0 Å². The summed E-state index contributed by atoms with van der Waals surface area (Å²) in [5, 5.41) is 2.91. The summed E-state index contributed by atoms with van der Waals surface area (Å²) in [4.78, 5) is 13.9. The molecule has 1 aliphatic heterocycles. The van der Waals surface area contributed by atoms with Gasteiger partial charge in [-0.1, -0.05) is 6.07 Å². The predicted octanol–water partition coefficient (Wildman–Crippen LogP) is 0.844. The summed E-state index contributed by atoms with van der Waals surface area (Å²) in [5.74, 6) is 0.227. The zero-order chi connectivity index (χ0) is 14.9. The molecule has 1 heterocycles. The fourth-order valence-corrected chi connectivity index (χ4v) is 4.24. The van der Waals surface area contributed by atoms with Crippen LogP contribution in [0.25, 0.3) is 0 Å². The van der Waals surface area contributed by atoms with Crippen LogP contribution >= 0.6 is 0 Å². The van der Waals surface area contributed by atoms with Crippen molar-refractivity contribution in [2.24, 2.45) is 0 Å². The van der Waals surface area contributed by atoms with E-state index < -0.39 is 9.84 Å². The lowest BCUT2D eigenvalue weighted by molar-refractivity contribution is -0.117. The molecule has 6 heteroatoms. The van der Waals surface area contributed by atoms with Crippen LogP contribution in [0.15, 0.2) is 18.2 Å². The molecule has 0 atom stereocenters. The number of hydrogen-bond acceptors (Lipinski definition) is 4. The number of nitrogens with one attached hydrogen (secondary N) is 1. The Bertz CT molecular complexity index is 641. The minimum Gasteiger partial charge on any atom is -0.325 e. The minimum atomic E-state index is -2.89. The number of aryl methyl sites for hydroxylation is 2. The Morgan fingerprint density at radius 3 is 2.62 bits per heavy atom. The van der Waals surface area contributed by atoms with Gasteiger partial charge in [0.05, 0.1) is 18.1 Å². The highest BCUT2D eigenvalue weighted by Crippen LogP contribution is 2.24. The molecule has 21 heavy (non-hydrogen) atoms.